The molecule has 6 N–H and O–H groups in total. The van der Waals surface area contributed by atoms with E-state index in [-0.39, 0.29) is 12.3 Å². The Morgan fingerprint density at radius 1 is 1.00 bits per heavy atom. The highest BCUT2D eigenvalue weighted by atomic mass is 33.1. The summed E-state index contributed by atoms with van der Waals surface area (Å²) in [6, 6.07) is 0. The van der Waals surface area contributed by atoms with Crippen LogP contribution in [0.2, 0.25) is 0 Å². The molecular weight excluding hydrogens is 268 g/mol. The maximum atomic E-state index is 10.8. The van der Waals surface area contributed by atoms with Crippen LogP contribution in [-0.4, -0.2) is 50.5 Å². The second kappa shape index (κ2) is 8.27. The minimum atomic E-state index is -4.67. The highest BCUT2D eigenvalue weighted by Crippen LogP contribution is 2.10. The fourth-order valence-electron chi connectivity index (χ4n) is 0.378. The third-order valence-electron chi connectivity index (χ3n) is 0.749. The summed E-state index contributed by atoms with van der Waals surface area (Å²) in [7, 11) is -6.78. The molecule has 0 atom stereocenters. The van der Waals surface area contributed by atoms with Crippen LogP contribution in [0, 0.1) is 0 Å². The molecule has 0 aliphatic rings. The van der Waals surface area contributed by atoms with Gasteiger partial charge in [0.15, 0.2) is 0 Å². The van der Waals surface area contributed by atoms with Crippen molar-refractivity contribution in [2.75, 3.05) is 24.6 Å². The molecule has 0 aromatic heterocycles. The zero-order valence-electron chi connectivity index (χ0n) is 7.74. The van der Waals surface area contributed by atoms with Gasteiger partial charge in [-0.2, -0.15) is 8.42 Å². The first kappa shape index (κ1) is 17.5. The van der Waals surface area contributed by atoms with Gasteiger partial charge in [-0.05, 0) is 10.8 Å². The van der Waals surface area contributed by atoms with Crippen molar-refractivity contribution in [1.29, 1.82) is 0 Å². The summed E-state index contributed by atoms with van der Waals surface area (Å²) in [5, 5.41) is 0. The monoisotopic (exact) mass is 282 g/mol. The van der Waals surface area contributed by atoms with E-state index in [0.29, 0.717) is 12.3 Å². The van der Waals surface area contributed by atoms with Gasteiger partial charge in [-0.1, -0.05) is 0 Å². The minimum Gasteiger partial charge on any atom is -0.330 e. The maximum Gasteiger partial charge on any atom is 0.394 e. The molecule has 15 heavy (non-hydrogen) atoms. The zero-order valence-corrected chi connectivity index (χ0v) is 10.2. The summed E-state index contributed by atoms with van der Waals surface area (Å²) in [5.74, 6) is 0.486. The molecule has 0 saturated carbocycles. The second-order valence-electron chi connectivity index (χ2n) is 2.11. The van der Waals surface area contributed by atoms with Gasteiger partial charge in [0.2, 0.25) is 8.87 Å². The molecule has 94 valence electrons. The normalized spacial score (nSPS) is 11.7. The summed E-state index contributed by atoms with van der Waals surface area (Å²) in [6.07, 6.45) is 0. The van der Waals surface area contributed by atoms with Crippen molar-refractivity contribution in [3.8, 4) is 0 Å². The van der Waals surface area contributed by atoms with Crippen LogP contribution in [0.4, 0.5) is 0 Å². The summed E-state index contributed by atoms with van der Waals surface area (Å²) >= 11 is 0. The van der Waals surface area contributed by atoms with E-state index in [1.165, 1.54) is 0 Å². The van der Waals surface area contributed by atoms with Crippen molar-refractivity contribution < 1.29 is 25.9 Å². The van der Waals surface area contributed by atoms with Crippen LogP contribution >= 0.6 is 10.8 Å². The average Bonchev–Trinajstić information content (AvgIpc) is 1.97. The Kier molecular flexibility index (Phi) is 9.63. The molecule has 11 heteroatoms. The minimum absolute atomic E-state index is 0.0394. The van der Waals surface area contributed by atoms with Gasteiger partial charge < -0.3 is 11.5 Å². The smallest absolute Gasteiger partial charge is 0.330 e. The van der Waals surface area contributed by atoms with Crippen LogP contribution in [0.3, 0.4) is 0 Å². The van der Waals surface area contributed by atoms with Gasteiger partial charge in [0.05, 0.1) is 5.75 Å². The Hall–Kier alpha value is 0.0900. The first-order valence-electron chi connectivity index (χ1n) is 3.59. The second-order valence-corrected chi connectivity index (χ2v) is 7.40. The zero-order chi connectivity index (χ0) is 12.5. The van der Waals surface area contributed by atoms with Gasteiger partial charge in [0.1, 0.15) is 0 Å². The molecule has 0 aromatic rings. The molecule has 8 nitrogen and oxygen atoms in total. The lowest BCUT2D eigenvalue weighted by Crippen LogP contribution is -2.14. The standard InChI is InChI=1S/C4H12N2O2S2.H2O4S/c5-1-3-9-10(7,8)4-2-6;1-5(2,3)4/h1-6H2;(H2,1,2,3,4). The highest BCUT2D eigenvalue weighted by Gasteiger charge is 2.07. The van der Waals surface area contributed by atoms with Crippen molar-refractivity contribution in [2.45, 2.75) is 0 Å². The van der Waals surface area contributed by atoms with Crippen molar-refractivity contribution >= 4 is 30.1 Å². The van der Waals surface area contributed by atoms with Crippen molar-refractivity contribution in [3.05, 3.63) is 0 Å². The van der Waals surface area contributed by atoms with E-state index in [9.17, 15) is 8.42 Å². The Morgan fingerprint density at radius 2 is 1.40 bits per heavy atom. The molecule has 0 amide bonds. The predicted octanol–water partition coefficient (Wildman–Crippen LogP) is -1.69. The van der Waals surface area contributed by atoms with Crippen molar-refractivity contribution in [2.24, 2.45) is 11.5 Å². The van der Waals surface area contributed by atoms with Crippen LogP contribution < -0.4 is 11.5 Å². The van der Waals surface area contributed by atoms with Gasteiger partial charge in [0, 0.05) is 18.8 Å². The average molecular weight is 282 g/mol. The molecule has 0 aliphatic carbocycles. The third-order valence-corrected chi connectivity index (χ3v) is 4.32. The summed E-state index contributed by atoms with van der Waals surface area (Å²) in [5.41, 5.74) is 10.2. The molecule has 0 saturated heterocycles. The lowest BCUT2D eigenvalue weighted by Gasteiger charge is -1.98. The van der Waals surface area contributed by atoms with E-state index in [4.69, 9.17) is 29.0 Å². The first-order chi connectivity index (χ1) is 6.62. The van der Waals surface area contributed by atoms with Crippen LogP contribution in [0.5, 0.6) is 0 Å². The van der Waals surface area contributed by atoms with Crippen molar-refractivity contribution in [3.63, 3.8) is 0 Å². The van der Waals surface area contributed by atoms with E-state index in [1.54, 1.807) is 0 Å². The van der Waals surface area contributed by atoms with Gasteiger partial charge in [-0.15, -0.1) is 0 Å². The molecule has 0 spiro atoms. The number of hydrogen-bond acceptors (Lipinski definition) is 7. The molecule has 0 heterocycles. The van der Waals surface area contributed by atoms with E-state index in [0.717, 1.165) is 10.8 Å². The van der Waals surface area contributed by atoms with E-state index < -0.39 is 19.3 Å². The number of rotatable bonds is 5. The quantitative estimate of drug-likeness (QED) is 0.340. The van der Waals surface area contributed by atoms with Gasteiger partial charge in [-0.3, -0.25) is 9.11 Å². The predicted molar refractivity (Wildman–Crippen MR) is 58.5 cm³/mol. The van der Waals surface area contributed by atoms with E-state index in [1.807, 2.05) is 0 Å². The molecule has 0 bridgehead atoms. The van der Waals surface area contributed by atoms with Gasteiger partial charge in [-0.25, -0.2) is 8.42 Å². The lowest BCUT2D eigenvalue weighted by molar-refractivity contribution is 0.381. The topological polar surface area (TPSA) is 161 Å². The third kappa shape index (κ3) is 24.9. The maximum absolute atomic E-state index is 10.8. The fourth-order valence-corrected chi connectivity index (χ4v) is 2.83. The Labute approximate surface area is 92.3 Å². The lowest BCUT2D eigenvalue weighted by atomic mass is 10.8. The van der Waals surface area contributed by atoms with Gasteiger partial charge in [0.25, 0.3) is 0 Å². The number of hydrogen-bond donors (Lipinski definition) is 4. The van der Waals surface area contributed by atoms with E-state index in [2.05, 4.69) is 0 Å². The summed E-state index contributed by atoms with van der Waals surface area (Å²) in [6.45, 7) is 0.564. The Morgan fingerprint density at radius 3 is 1.67 bits per heavy atom. The number of nitrogens with two attached hydrogens (primary N) is 2. The molecule has 0 aliphatic heterocycles. The summed E-state index contributed by atoms with van der Waals surface area (Å²) in [4.78, 5) is 0. The van der Waals surface area contributed by atoms with Gasteiger partial charge >= 0.3 is 10.4 Å². The van der Waals surface area contributed by atoms with Crippen LogP contribution in [0.15, 0.2) is 0 Å². The molecule has 0 aromatic carbocycles. The largest absolute Gasteiger partial charge is 0.394 e. The summed E-state index contributed by atoms with van der Waals surface area (Å²) < 4.78 is 53.2. The van der Waals surface area contributed by atoms with Crippen LogP contribution in [0.25, 0.3) is 0 Å². The molecule has 0 radical (unpaired) electrons. The SMILES string of the molecule is NCCSS(=O)(=O)CCN.O=S(=O)(O)O. The highest BCUT2D eigenvalue weighted by molar-refractivity contribution is 8.72. The van der Waals surface area contributed by atoms with Crippen LogP contribution in [-0.2, 0) is 19.3 Å². The Balaban J connectivity index is 0. The first-order valence-corrected chi connectivity index (χ1v) is 8.14. The molecule has 0 fully saturated rings. The fraction of sp³-hybridized carbons (Fsp3) is 1.00. The van der Waals surface area contributed by atoms with Crippen LogP contribution in [0.1, 0.15) is 0 Å². The molecule has 0 rings (SSSR count). The van der Waals surface area contributed by atoms with E-state index >= 15 is 0 Å². The molecule has 0 unspecified atom stereocenters. The molecular formula is C4H14N2O6S3. The van der Waals surface area contributed by atoms with Crippen molar-refractivity contribution in [1.82, 2.24) is 0 Å². The Bertz CT molecular complexity index is 327.